The second-order valence-electron chi connectivity index (χ2n) is 4.66. The van der Waals surface area contributed by atoms with Crippen molar-refractivity contribution in [2.45, 2.75) is 6.92 Å². The minimum absolute atomic E-state index is 0.0222. The van der Waals surface area contributed by atoms with Gasteiger partial charge in [-0.05, 0) is 36.4 Å². The number of benzene rings is 1. The number of hydrogen-bond donors (Lipinski definition) is 0. The fraction of sp³-hybridized carbons (Fsp3) is 0.0714. The summed E-state index contributed by atoms with van der Waals surface area (Å²) in [6.07, 6.45) is 0. The van der Waals surface area contributed by atoms with Gasteiger partial charge in [-0.25, -0.2) is 4.98 Å². The predicted molar refractivity (Wildman–Crippen MR) is 77.4 cm³/mol. The molecule has 22 heavy (non-hydrogen) atoms. The van der Waals surface area contributed by atoms with Crippen LogP contribution in [0.5, 0.6) is 0 Å². The highest BCUT2D eigenvalue weighted by Crippen LogP contribution is 2.34. The van der Waals surface area contributed by atoms with E-state index in [0.29, 0.717) is 5.65 Å². The van der Waals surface area contributed by atoms with E-state index in [1.807, 2.05) is 0 Å². The lowest BCUT2D eigenvalue weighted by Crippen LogP contribution is -1.93. The van der Waals surface area contributed by atoms with Gasteiger partial charge in [-0.3, -0.25) is 14.5 Å². The normalized spacial score (nSPS) is 10.8. The number of rotatable bonds is 3. The van der Waals surface area contributed by atoms with Crippen molar-refractivity contribution in [2.24, 2.45) is 5.18 Å². The third-order valence-electron chi connectivity index (χ3n) is 3.32. The van der Waals surface area contributed by atoms with Crippen LogP contribution in [0, 0.1) is 27.8 Å². The van der Waals surface area contributed by atoms with Gasteiger partial charge in [0.15, 0.2) is 0 Å². The number of fused-ring (bicyclic) bond motifs is 1. The average Bonchev–Trinajstić information content (AvgIpc) is 2.87. The van der Waals surface area contributed by atoms with Crippen LogP contribution < -0.4 is 0 Å². The second kappa shape index (κ2) is 4.99. The third-order valence-corrected chi connectivity index (χ3v) is 3.32. The molecule has 2 aromatic heterocycles. The Labute approximate surface area is 123 Å². The number of nitro groups is 1. The van der Waals surface area contributed by atoms with Crippen LogP contribution in [0.1, 0.15) is 5.69 Å². The molecule has 0 aliphatic carbocycles. The van der Waals surface area contributed by atoms with Crippen molar-refractivity contribution in [3.8, 4) is 11.3 Å². The molecule has 0 aliphatic rings. The van der Waals surface area contributed by atoms with Crippen LogP contribution in [0.2, 0.25) is 0 Å². The van der Waals surface area contributed by atoms with Gasteiger partial charge in [0.2, 0.25) is 11.6 Å². The van der Waals surface area contributed by atoms with Crippen molar-refractivity contribution >= 4 is 17.2 Å². The first kappa shape index (κ1) is 13.8. The minimum atomic E-state index is -0.950. The summed E-state index contributed by atoms with van der Waals surface area (Å²) < 4.78 is 15.0. The van der Waals surface area contributed by atoms with E-state index in [4.69, 9.17) is 0 Å². The van der Waals surface area contributed by atoms with E-state index in [2.05, 4.69) is 10.2 Å². The van der Waals surface area contributed by atoms with Gasteiger partial charge in [-0.15, -0.1) is 4.91 Å². The third kappa shape index (κ3) is 2.01. The number of halogens is 1. The summed E-state index contributed by atoms with van der Waals surface area (Å²) in [7, 11) is 0. The number of nitro benzene ring substituents is 1. The molecule has 1 aromatic carbocycles. The highest BCUT2D eigenvalue weighted by molar-refractivity contribution is 5.76. The van der Waals surface area contributed by atoms with Crippen molar-refractivity contribution < 1.29 is 9.31 Å². The van der Waals surface area contributed by atoms with E-state index in [1.54, 1.807) is 25.1 Å². The van der Waals surface area contributed by atoms with E-state index >= 15 is 0 Å². The second-order valence-corrected chi connectivity index (χ2v) is 4.66. The lowest BCUT2D eigenvalue weighted by molar-refractivity contribution is -0.387. The summed E-state index contributed by atoms with van der Waals surface area (Å²) in [5, 5.41) is 13.8. The molecule has 0 aliphatic heterocycles. The van der Waals surface area contributed by atoms with Gasteiger partial charge in [0, 0.05) is 17.3 Å². The summed E-state index contributed by atoms with van der Waals surface area (Å²) in [5.74, 6) is -0.927. The fourth-order valence-electron chi connectivity index (χ4n) is 2.31. The molecule has 0 bridgehead atoms. The monoisotopic (exact) mass is 300 g/mol. The molecule has 7 nitrogen and oxygen atoms in total. The Bertz CT molecular complexity index is 920. The summed E-state index contributed by atoms with van der Waals surface area (Å²) >= 11 is 0. The van der Waals surface area contributed by atoms with Crippen molar-refractivity contribution in [3.05, 3.63) is 62.9 Å². The van der Waals surface area contributed by atoms with E-state index in [1.165, 1.54) is 10.5 Å². The number of aromatic nitrogens is 2. The molecule has 0 fully saturated rings. The maximum atomic E-state index is 13.4. The van der Waals surface area contributed by atoms with Gasteiger partial charge in [0.1, 0.15) is 11.3 Å². The highest BCUT2D eigenvalue weighted by atomic mass is 19.1. The molecular weight excluding hydrogens is 291 g/mol. The SMILES string of the molecule is Cc1cccc2nc(-c3ccc(F)c([N+](=O)[O-])c3)c(N=O)n12. The molecule has 0 atom stereocenters. The Morgan fingerprint density at radius 1 is 1.32 bits per heavy atom. The van der Waals surface area contributed by atoms with Gasteiger partial charge in [-0.1, -0.05) is 6.07 Å². The van der Waals surface area contributed by atoms with Crippen LogP contribution in [0.15, 0.2) is 41.6 Å². The van der Waals surface area contributed by atoms with E-state index in [9.17, 15) is 19.4 Å². The Morgan fingerprint density at radius 2 is 2.09 bits per heavy atom. The summed E-state index contributed by atoms with van der Waals surface area (Å²) in [6, 6.07) is 8.57. The van der Waals surface area contributed by atoms with Crippen molar-refractivity contribution in [2.75, 3.05) is 0 Å². The van der Waals surface area contributed by atoms with Gasteiger partial charge < -0.3 is 0 Å². The van der Waals surface area contributed by atoms with E-state index < -0.39 is 16.4 Å². The molecule has 0 unspecified atom stereocenters. The molecular formula is C14H9FN4O3. The molecule has 0 amide bonds. The smallest absolute Gasteiger partial charge is 0.278 e. The number of imidazole rings is 1. The molecule has 0 spiro atoms. The molecule has 8 heteroatoms. The highest BCUT2D eigenvalue weighted by Gasteiger charge is 2.20. The minimum Gasteiger partial charge on any atom is -0.278 e. The Morgan fingerprint density at radius 3 is 2.77 bits per heavy atom. The molecule has 3 aromatic rings. The summed E-state index contributed by atoms with van der Waals surface area (Å²) in [4.78, 5) is 25.5. The van der Waals surface area contributed by atoms with Crippen LogP contribution in [-0.2, 0) is 0 Å². The van der Waals surface area contributed by atoms with Crippen LogP contribution in [0.25, 0.3) is 16.9 Å². The van der Waals surface area contributed by atoms with Crippen molar-refractivity contribution in [1.82, 2.24) is 9.38 Å². The summed E-state index contributed by atoms with van der Waals surface area (Å²) in [5.41, 5.74) is 0.973. The first-order valence-electron chi connectivity index (χ1n) is 6.28. The Hall–Kier alpha value is -3.16. The standard InChI is InChI=1S/C14H9FN4O3/c1-8-3-2-4-12-16-13(14(17-20)18(8)12)9-5-6-10(15)11(7-9)19(21)22/h2-7H,1H3. The van der Waals surface area contributed by atoms with Crippen LogP contribution >= 0.6 is 0 Å². The quantitative estimate of drug-likeness (QED) is 0.418. The van der Waals surface area contributed by atoms with Gasteiger partial charge in [-0.2, -0.15) is 4.39 Å². The predicted octanol–water partition coefficient (Wildman–Crippen LogP) is 3.75. The molecule has 110 valence electrons. The molecule has 0 radical (unpaired) electrons. The molecule has 2 heterocycles. The maximum Gasteiger partial charge on any atom is 0.305 e. The largest absolute Gasteiger partial charge is 0.305 e. The first-order valence-corrected chi connectivity index (χ1v) is 6.28. The average molecular weight is 300 g/mol. The van der Waals surface area contributed by atoms with Crippen LogP contribution in [0.3, 0.4) is 0 Å². The lowest BCUT2D eigenvalue weighted by Gasteiger charge is -2.01. The van der Waals surface area contributed by atoms with E-state index in [0.717, 1.165) is 17.8 Å². The number of pyridine rings is 1. The Kier molecular flexibility index (Phi) is 3.13. The zero-order chi connectivity index (χ0) is 15.9. The maximum absolute atomic E-state index is 13.4. The molecule has 0 saturated carbocycles. The fourth-order valence-corrected chi connectivity index (χ4v) is 2.31. The topological polar surface area (TPSA) is 89.9 Å². The number of nitroso groups, excluding NO2 is 1. The molecule has 0 saturated heterocycles. The van der Waals surface area contributed by atoms with Crippen LogP contribution in [-0.4, -0.2) is 14.3 Å². The lowest BCUT2D eigenvalue weighted by atomic mass is 10.1. The Balaban J connectivity index is 2.31. The molecule has 0 N–H and O–H groups in total. The van der Waals surface area contributed by atoms with E-state index in [-0.39, 0.29) is 17.1 Å². The summed E-state index contributed by atoms with van der Waals surface area (Å²) in [6.45, 7) is 1.78. The number of nitrogens with zero attached hydrogens (tertiary/aromatic N) is 4. The van der Waals surface area contributed by atoms with Crippen molar-refractivity contribution in [3.63, 3.8) is 0 Å². The first-order chi connectivity index (χ1) is 10.5. The van der Waals surface area contributed by atoms with Gasteiger partial charge in [0.05, 0.1) is 4.92 Å². The molecule has 3 rings (SSSR count). The van der Waals surface area contributed by atoms with Gasteiger partial charge >= 0.3 is 5.69 Å². The zero-order valence-electron chi connectivity index (χ0n) is 11.4. The van der Waals surface area contributed by atoms with Crippen molar-refractivity contribution in [1.29, 1.82) is 0 Å². The van der Waals surface area contributed by atoms with Crippen LogP contribution in [0.4, 0.5) is 15.9 Å². The number of hydrogen-bond acceptors (Lipinski definition) is 5. The van der Waals surface area contributed by atoms with Gasteiger partial charge in [0.25, 0.3) is 0 Å². The number of aryl methyl sites for hydroxylation is 1. The zero-order valence-corrected chi connectivity index (χ0v) is 11.4.